The van der Waals surface area contributed by atoms with E-state index in [1.807, 2.05) is 0 Å². The van der Waals surface area contributed by atoms with Crippen molar-refractivity contribution in [3.8, 4) is 0 Å². The second kappa shape index (κ2) is 5.08. The molecule has 8 heteroatoms. The van der Waals surface area contributed by atoms with Crippen LogP contribution in [0.5, 0.6) is 0 Å². The van der Waals surface area contributed by atoms with Gasteiger partial charge in [0.2, 0.25) is 0 Å². The first-order valence-corrected chi connectivity index (χ1v) is 7.11. The van der Waals surface area contributed by atoms with E-state index < -0.39 is 30.6 Å². The number of rotatable bonds is 2. The Morgan fingerprint density at radius 3 is 2.81 bits per heavy atom. The number of aromatic nitrogens is 2. The molecule has 0 amide bonds. The van der Waals surface area contributed by atoms with Crippen LogP contribution in [0.1, 0.15) is 13.2 Å². The minimum atomic E-state index is -1.57. The van der Waals surface area contributed by atoms with Crippen LogP contribution in [0.25, 0.3) is 10.9 Å². The van der Waals surface area contributed by atoms with E-state index in [-0.39, 0.29) is 10.3 Å². The van der Waals surface area contributed by atoms with Crippen LogP contribution in [0.4, 0.5) is 0 Å². The van der Waals surface area contributed by atoms with Gasteiger partial charge in [-0.1, -0.05) is 23.2 Å². The summed E-state index contributed by atoms with van der Waals surface area (Å²) < 4.78 is 7.20. The lowest BCUT2D eigenvalue weighted by Crippen LogP contribution is -2.44. The lowest BCUT2D eigenvalue weighted by atomic mass is 9.96. The Bertz CT molecular complexity index is 688. The van der Waals surface area contributed by atoms with E-state index in [0.29, 0.717) is 10.9 Å². The zero-order chi connectivity index (χ0) is 15.4. The predicted octanol–water partition coefficient (Wildman–Crippen LogP) is 1.34. The Morgan fingerprint density at radius 2 is 2.19 bits per heavy atom. The fourth-order valence-electron chi connectivity index (χ4n) is 2.68. The number of fused-ring (bicyclic) bond motifs is 1. The Kier molecular flexibility index (Phi) is 3.64. The number of hydrogen-bond acceptors (Lipinski definition) is 5. The van der Waals surface area contributed by atoms with Gasteiger partial charge in [0.15, 0.2) is 6.23 Å². The Balaban J connectivity index is 2.13. The fraction of sp³-hybridized carbons (Fsp3) is 0.462. The molecule has 3 N–H and O–H groups in total. The van der Waals surface area contributed by atoms with Crippen LogP contribution in [0.3, 0.4) is 0 Å². The summed E-state index contributed by atoms with van der Waals surface area (Å²) in [6.07, 6.45) is -1.29. The molecule has 1 aliphatic rings. The Hall–Kier alpha value is -0.890. The first-order chi connectivity index (χ1) is 9.86. The van der Waals surface area contributed by atoms with E-state index in [1.165, 1.54) is 6.92 Å². The molecule has 114 valence electrons. The monoisotopic (exact) mass is 332 g/mol. The summed E-state index contributed by atoms with van der Waals surface area (Å²) in [7, 11) is 0. The molecule has 1 fully saturated rings. The van der Waals surface area contributed by atoms with Gasteiger partial charge in [-0.2, -0.15) is 0 Å². The van der Waals surface area contributed by atoms with Crippen LogP contribution < -0.4 is 0 Å². The number of hydrogen-bond donors (Lipinski definition) is 3. The lowest BCUT2D eigenvalue weighted by molar-refractivity contribution is -0.0946. The molecule has 0 radical (unpaired) electrons. The highest BCUT2D eigenvalue weighted by atomic mass is 35.5. The first-order valence-electron chi connectivity index (χ1n) is 6.35. The number of aliphatic hydroxyl groups is 3. The molecule has 0 saturated carbocycles. The van der Waals surface area contributed by atoms with Crippen LogP contribution in [-0.2, 0) is 4.74 Å². The average Bonchev–Trinajstić information content (AvgIpc) is 2.91. The number of pyridine rings is 1. The summed E-state index contributed by atoms with van der Waals surface area (Å²) in [6.45, 7) is 1.06. The van der Waals surface area contributed by atoms with Crippen LogP contribution in [0.2, 0.25) is 10.3 Å². The summed E-state index contributed by atoms with van der Waals surface area (Å²) in [5.74, 6) is 0. The zero-order valence-electron chi connectivity index (χ0n) is 11.1. The van der Waals surface area contributed by atoms with Gasteiger partial charge in [-0.05, 0) is 19.1 Å². The van der Waals surface area contributed by atoms with Crippen molar-refractivity contribution in [2.75, 3.05) is 6.61 Å². The lowest BCUT2D eigenvalue weighted by Gasteiger charge is -2.28. The molecule has 2 aromatic rings. The maximum atomic E-state index is 10.5. The highest BCUT2D eigenvalue weighted by Crippen LogP contribution is 2.40. The maximum absolute atomic E-state index is 10.5. The van der Waals surface area contributed by atoms with E-state index in [9.17, 15) is 15.3 Å². The van der Waals surface area contributed by atoms with E-state index in [4.69, 9.17) is 27.9 Å². The Labute approximate surface area is 130 Å². The summed E-state index contributed by atoms with van der Waals surface area (Å²) >= 11 is 12.0. The molecule has 3 heterocycles. The minimum absolute atomic E-state index is 0.212. The van der Waals surface area contributed by atoms with E-state index in [0.717, 1.165) is 0 Å². The topological polar surface area (TPSA) is 87.7 Å². The number of halogens is 2. The molecule has 2 aromatic heterocycles. The van der Waals surface area contributed by atoms with Crippen LogP contribution in [0, 0.1) is 0 Å². The molecular weight excluding hydrogens is 319 g/mol. The highest BCUT2D eigenvalue weighted by Gasteiger charge is 2.52. The van der Waals surface area contributed by atoms with Crippen LogP contribution in [-0.4, -0.2) is 49.3 Å². The third-order valence-electron chi connectivity index (χ3n) is 3.83. The van der Waals surface area contributed by atoms with Gasteiger partial charge in [-0.3, -0.25) is 0 Å². The van der Waals surface area contributed by atoms with Crippen molar-refractivity contribution >= 4 is 34.1 Å². The Morgan fingerprint density at radius 1 is 1.48 bits per heavy atom. The van der Waals surface area contributed by atoms with Gasteiger partial charge in [0.25, 0.3) is 0 Å². The van der Waals surface area contributed by atoms with Gasteiger partial charge in [0, 0.05) is 11.6 Å². The molecule has 3 unspecified atom stereocenters. The van der Waals surface area contributed by atoms with Crippen molar-refractivity contribution in [3.05, 3.63) is 28.6 Å². The van der Waals surface area contributed by atoms with Gasteiger partial charge >= 0.3 is 0 Å². The average molecular weight is 333 g/mol. The summed E-state index contributed by atoms with van der Waals surface area (Å²) in [4.78, 5) is 3.95. The summed E-state index contributed by atoms with van der Waals surface area (Å²) in [5, 5.41) is 30.9. The van der Waals surface area contributed by atoms with Gasteiger partial charge < -0.3 is 24.6 Å². The van der Waals surface area contributed by atoms with Crippen molar-refractivity contribution in [2.45, 2.75) is 31.0 Å². The van der Waals surface area contributed by atoms with Crippen molar-refractivity contribution in [2.24, 2.45) is 0 Å². The third-order valence-corrected chi connectivity index (χ3v) is 4.31. The highest BCUT2D eigenvalue weighted by molar-refractivity contribution is 6.36. The molecule has 0 spiro atoms. The van der Waals surface area contributed by atoms with Crippen molar-refractivity contribution < 1.29 is 20.1 Å². The first kappa shape index (κ1) is 15.0. The van der Waals surface area contributed by atoms with Gasteiger partial charge in [-0.25, -0.2) is 4.98 Å². The van der Waals surface area contributed by atoms with E-state index >= 15 is 0 Å². The van der Waals surface area contributed by atoms with Gasteiger partial charge in [0.05, 0.1) is 12.1 Å². The molecule has 0 bridgehead atoms. The number of aliphatic hydroxyl groups excluding tert-OH is 2. The molecule has 1 saturated heterocycles. The zero-order valence-corrected chi connectivity index (χ0v) is 12.6. The molecule has 0 aromatic carbocycles. The molecule has 21 heavy (non-hydrogen) atoms. The number of nitrogens with zero attached hydrogens (tertiary/aromatic N) is 2. The molecule has 3 rings (SSSR count). The predicted molar refractivity (Wildman–Crippen MR) is 77.4 cm³/mol. The smallest absolute Gasteiger partial charge is 0.165 e. The summed E-state index contributed by atoms with van der Waals surface area (Å²) in [6, 6.07) is 3.32. The van der Waals surface area contributed by atoms with Crippen molar-refractivity contribution in [1.29, 1.82) is 0 Å². The fourth-order valence-corrected chi connectivity index (χ4v) is 3.16. The second-order valence-electron chi connectivity index (χ2n) is 5.27. The number of ether oxygens (including phenoxy) is 1. The molecule has 1 aliphatic heterocycles. The van der Waals surface area contributed by atoms with Crippen LogP contribution >= 0.6 is 23.2 Å². The minimum Gasteiger partial charge on any atom is -0.394 e. The SMILES string of the molecule is C[C@@]1(O)C(O)C(CO)OC1n1ccc2c(Cl)nc(Cl)cc21. The second-order valence-corrected chi connectivity index (χ2v) is 6.02. The van der Waals surface area contributed by atoms with E-state index in [1.54, 1.807) is 22.9 Å². The standard InChI is InChI=1S/C13H14Cl2N2O4/c1-13(20)10(19)8(5-18)21-12(13)17-3-2-6-7(17)4-9(14)16-11(6)15/h2-4,8,10,12,18-20H,5H2,1H3/t8?,10?,12?,13-/m1/s1. The van der Waals surface area contributed by atoms with Gasteiger partial charge in [-0.15, -0.1) is 0 Å². The third kappa shape index (κ3) is 2.23. The molecular formula is C13H14Cl2N2O4. The van der Waals surface area contributed by atoms with Crippen molar-refractivity contribution in [1.82, 2.24) is 9.55 Å². The molecule has 6 nitrogen and oxygen atoms in total. The summed E-state index contributed by atoms with van der Waals surface area (Å²) in [5.41, 5.74) is -0.947. The molecule has 0 aliphatic carbocycles. The normalized spacial score (nSPS) is 33.0. The van der Waals surface area contributed by atoms with Crippen molar-refractivity contribution in [3.63, 3.8) is 0 Å². The van der Waals surface area contributed by atoms with Crippen LogP contribution in [0.15, 0.2) is 18.3 Å². The van der Waals surface area contributed by atoms with Gasteiger partial charge in [0.1, 0.15) is 28.1 Å². The molecule has 4 atom stereocenters. The van der Waals surface area contributed by atoms with E-state index in [2.05, 4.69) is 4.98 Å². The quantitative estimate of drug-likeness (QED) is 0.722. The maximum Gasteiger partial charge on any atom is 0.165 e. The largest absolute Gasteiger partial charge is 0.394 e.